The number of pyridine rings is 1. The van der Waals surface area contributed by atoms with Crippen LogP contribution in [0.3, 0.4) is 0 Å². The van der Waals surface area contributed by atoms with Crippen LogP contribution in [0, 0.1) is 0 Å². The zero-order chi connectivity index (χ0) is 24.1. The normalized spacial score (nSPS) is 11.5. The van der Waals surface area contributed by atoms with E-state index in [1.807, 2.05) is 56.3 Å². The highest BCUT2D eigenvalue weighted by atomic mass is 32.2. The van der Waals surface area contributed by atoms with Crippen LogP contribution in [-0.4, -0.2) is 30.7 Å². The van der Waals surface area contributed by atoms with Gasteiger partial charge in [-0.15, -0.1) is 0 Å². The number of sulfone groups is 1. The van der Waals surface area contributed by atoms with Crippen LogP contribution in [0.5, 0.6) is 5.75 Å². The second kappa shape index (κ2) is 10.1. The summed E-state index contributed by atoms with van der Waals surface area (Å²) in [4.78, 5) is 8.96. The maximum absolute atomic E-state index is 13.0. The van der Waals surface area contributed by atoms with E-state index in [2.05, 4.69) is 15.3 Å². The summed E-state index contributed by atoms with van der Waals surface area (Å²) in [6.45, 7) is 3.76. The molecule has 8 heteroatoms. The van der Waals surface area contributed by atoms with Crippen molar-refractivity contribution in [2.24, 2.45) is 0 Å². The van der Waals surface area contributed by atoms with Gasteiger partial charge in [-0.3, -0.25) is 4.98 Å². The lowest BCUT2D eigenvalue weighted by Crippen LogP contribution is -2.19. The lowest BCUT2D eigenvalue weighted by atomic mass is 10.1. The van der Waals surface area contributed by atoms with E-state index in [1.165, 1.54) is 7.11 Å². The first-order valence-corrected chi connectivity index (χ1v) is 12.7. The Morgan fingerprint density at radius 1 is 0.971 bits per heavy atom. The Kier molecular flexibility index (Phi) is 6.98. The topological polar surface area (TPSA) is 94.3 Å². The van der Waals surface area contributed by atoms with Crippen molar-refractivity contribution in [3.05, 3.63) is 73.1 Å². The number of nitrogens with zero attached hydrogens (tertiary/aromatic N) is 2. The van der Waals surface area contributed by atoms with Gasteiger partial charge >= 0.3 is 0 Å². The van der Waals surface area contributed by atoms with Crippen molar-refractivity contribution in [2.75, 3.05) is 12.4 Å². The number of benzene rings is 2. The van der Waals surface area contributed by atoms with Crippen LogP contribution in [0.1, 0.15) is 26.7 Å². The fourth-order valence-corrected chi connectivity index (χ4v) is 5.63. The summed E-state index contributed by atoms with van der Waals surface area (Å²) in [6, 6.07) is 18.6. The van der Waals surface area contributed by atoms with Crippen LogP contribution in [0.25, 0.3) is 22.6 Å². The summed E-state index contributed by atoms with van der Waals surface area (Å²) in [7, 11) is -1.93. The van der Waals surface area contributed by atoms with Gasteiger partial charge in [0.15, 0.2) is 15.6 Å². The first-order valence-electron chi connectivity index (χ1n) is 11.1. The first kappa shape index (κ1) is 23.5. The van der Waals surface area contributed by atoms with E-state index in [0.29, 0.717) is 30.0 Å². The Bertz CT molecular complexity index is 1360. The molecule has 4 aromatic rings. The summed E-state index contributed by atoms with van der Waals surface area (Å²) in [5.74, 6) is 1.06. The number of ether oxygens (including phenoxy) is 1. The van der Waals surface area contributed by atoms with Gasteiger partial charge in [-0.2, -0.15) is 0 Å². The monoisotopic (exact) mass is 477 g/mol. The lowest BCUT2D eigenvalue weighted by Gasteiger charge is -2.16. The Balaban J connectivity index is 1.62. The SMILES string of the molecule is CCC(CC)S(=O)(=O)c1ccc(OC)c(Nc2ncc(-c3cccc(-c4ccccn4)c3)o2)c1. The third-order valence-electron chi connectivity index (χ3n) is 5.70. The molecule has 0 atom stereocenters. The van der Waals surface area contributed by atoms with Crippen LogP contribution in [0.2, 0.25) is 0 Å². The second-order valence-corrected chi connectivity index (χ2v) is 10.0. The van der Waals surface area contributed by atoms with Gasteiger partial charge in [-0.1, -0.05) is 38.1 Å². The minimum Gasteiger partial charge on any atom is -0.495 e. The van der Waals surface area contributed by atoms with Gasteiger partial charge in [0, 0.05) is 17.3 Å². The molecule has 0 saturated heterocycles. The average Bonchev–Trinajstić information content (AvgIpc) is 3.34. The standard InChI is InChI=1S/C26H27N3O4S/c1-4-20(5-2)34(30,31)21-12-13-24(32-3)23(16-21)29-26-28-17-25(33-26)19-10-8-9-18(15-19)22-11-6-7-14-27-22/h6-17,20H,4-5H2,1-3H3,(H,28,29). The van der Waals surface area contributed by atoms with Gasteiger partial charge in [-0.25, -0.2) is 13.4 Å². The number of anilines is 2. The molecule has 0 amide bonds. The predicted molar refractivity (Wildman–Crippen MR) is 133 cm³/mol. The average molecular weight is 478 g/mol. The van der Waals surface area contributed by atoms with E-state index in [1.54, 1.807) is 30.6 Å². The molecule has 176 valence electrons. The summed E-state index contributed by atoms with van der Waals surface area (Å²) in [5.41, 5.74) is 3.14. The molecule has 0 radical (unpaired) electrons. The van der Waals surface area contributed by atoms with Crippen molar-refractivity contribution in [3.8, 4) is 28.3 Å². The number of methoxy groups -OCH3 is 1. The Hall–Kier alpha value is -3.65. The van der Waals surface area contributed by atoms with Gasteiger partial charge < -0.3 is 14.5 Å². The number of nitrogens with one attached hydrogen (secondary N) is 1. The van der Waals surface area contributed by atoms with Gasteiger partial charge in [0.2, 0.25) is 0 Å². The lowest BCUT2D eigenvalue weighted by molar-refractivity contribution is 0.416. The molecule has 2 aromatic carbocycles. The van der Waals surface area contributed by atoms with Crippen molar-refractivity contribution in [1.82, 2.24) is 9.97 Å². The minimum atomic E-state index is -3.46. The second-order valence-electron chi connectivity index (χ2n) is 7.80. The van der Waals surface area contributed by atoms with Crippen LogP contribution in [0.15, 0.2) is 82.4 Å². The molecule has 0 fully saturated rings. The number of hydrogen-bond acceptors (Lipinski definition) is 7. The Morgan fingerprint density at radius 3 is 2.47 bits per heavy atom. The van der Waals surface area contributed by atoms with Crippen LogP contribution in [-0.2, 0) is 9.84 Å². The van der Waals surface area contributed by atoms with Crippen molar-refractivity contribution in [2.45, 2.75) is 36.8 Å². The van der Waals surface area contributed by atoms with Crippen molar-refractivity contribution < 1.29 is 17.6 Å². The highest BCUT2D eigenvalue weighted by Gasteiger charge is 2.25. The van der Waals surface area contributed by atoms with E-state index in [9.17, 15) is 8.42 Å². The number of oxazole rings is 1. The molecule has 7 nitrogen and oxygen atoms in total. The highest BCUT2D eigenvalue weighted by molar-refractivity contribution is 7.92. The number of rotatable bonds is 9. The van der Waals surface area contributed by atoms with E-state index < -0.39 is 15.1 Å². The van der Waals surface area contributed by atoms with Crippen LogP contribution in [0.4, 0.5) is 11.7 Å². The van der Waals surface area contributed by atoms with E-state index in [4.69, 9.17) is 9.15 Å². The third kappa shape index (κ3) is 4.82. The third-order valence-corrected chi connectivity index (χ3v) is 8.16. The largest absolute Gasteiger partial charge is 0.495 e. The number of aromatic nitrogens is 2. The molecule has 2 aromatic heterocycles. The maximum atomic E-state index is 13.0. The first-order chi connectivity index (χ1) is 16.5. The smallest absolute Gasteiger partial charge is 0.299 e. The summed E-state index contributed by atoms with van der Waals surface area (Å²) >= 11 is 0. The minimum absolute atomic E-state index is 0.230. The molecule has 0 aliphatic carbocycles. The molecule has 34 heavy (non-hydrogen) atoms. The zero-order valence-corrected chi connectivity index (χ0v) is 20.2. The molecule has 4 rings (SSSR count). The molecule has 0 aliphatic heterocycles. The van der Waals surface area contributed by atoms with Crippen molar-refractivity contribution >= 4 is 21.5 Å². The van der Waals surface area contributed by atoms with Gasteiger partial charge in [0.05, 0.1) is 34.8 Å². The van der Waals surface area contributed by atoms with E-state index in [0.717, 1.165) is 16.8 Å². The molecule has 0 spiro atoms. The Morgan fingerprint density at radius 2 is 1.76 bits per heavy atom. The number of hydrogen-bond donors (Lipinski definition) is 1. The fourth-order valence-electron chi connectivity index (χ4n) is 3.83. The Labute approximate surface area is 199 Å². The zero-order valence-electron chi connectivity index (χ0n) is 19.4. The van der Waals surface area contributed by atoms with Crippen molar-refractivity contribution in [3.63, 3.8) is 0 Å². The van der Waals surface area contributed by atoms with E-state index >= 15 is 0 Å². The van der Waals surface area contributed by atoms with Crippen LogP contribution >= 0.6 is 0 Å². The predicted octanol–water partition coefficient (Wildman–Crippen LogP) is 6.12. The quantitative estimate of drug-likeness (QED) is 0.310. The molecule has 0 saturated carbocycles. The summed E-state index contributed by atoms with van der Waals surface area (Å²) in [6.07, 6.45) is 4.48. The van der Waals surface area contributed by atoms with Gasteiger partial charge in [0.1, 0.15) is 5.75 Å². The van der Waals surface area contributed by atoms with Crippen LogP contribution < -0.4 is 10.1 Å². The highest BCUT2D eigenvalue weighted by Crippen LogP contribution is 2.34. The molecule has 0 unspecified atom stereocenters. The van der Waals surface area contributed by atoms with Gasteiger partial charge in [0.25, 0.3) is 6.01 Å². The molecule has 1 N–H and O–H groups in total. The van der Waals surface area contributed by atoms with Crippen molar-refractivity contribution in [1.29, 1.82) is 0 Å². The molecule has 0 aliphatic rings. The molecule has 0 bridgehead atoms. The van der Waals surface area contributed by atoms with Gasteiger partial charge in [-0.05, 0) is 49.2 Å². The molecular weight excluding hydrogens is 450 g/mol. The van der Waals surface area contributed by atoms with E-state index in [-0.39, 0.29) is 10.9 Å². The maximum Gasteiger partial charge on any atom is 0.299 e. The summed E-state index contributed by atoms with van der Waals surface area (Å²) in [5, 5.41) is 2.63. The fraction of sp³-hybridized carbons (Fsp3) is 0.231. The molecular formula is C26H27N3O4S. The molecule has 2 heterocycles. The summed E-state index contributed by atoms with van der Waals surface area (Å²) < 4.78 is 37.4.